The van der Waals surface area contributed by atoms with Crippen LogP contribution in [0.25, 0.3) is 0 Å². The van der Waals surface area contributed by atoms with E-state index in [1.54, 1.807) is 0 Å². The molecule has 17 heavy (non-hydrogen) atoms. The molecule has 0 radical (unpaired) electrons. The third-order valence-corrected chi connectivity index (χ3v) is 4.15. The molecule has 0 aromatic heterocycles. The highest BCUT2D eigenvalue weighted by molar-refractivity contribution is 7.99. The third-order valence-electron chi connectivity index (χ3n) is 3.21. The van der Waals surface area contributed by atoms with E-state index in [-0.39, 0.29) is 6.04 Å². The molecule has 2 unspecified atom stereocenters. The lowest BCUT2D eigenvalue weighted by Gasteiger charge is -2.23. The number of hydrogen-bond acceptors (Lipinski definition) is 3. The first-order valence-corrected chi connectivity index (χ1v) is 7.83. The van der Waals surface area contributed by atoms with Gasteiger partial charge in [0.25, 0.3) is 0 Å². The second-order valence-corrected chi connectivity index (χ2v) is 6.58. The number of thioether (sulfide) groups is 1. The second kappa shape index (κ2) is 7.27. The average Bonchev–Trinajstić information content (AvgIpc) is 2.60. The second-order valence-electron chi connectivity index (χ2n) is 5.19. The maximum Gasteiger partial charge on any atom is 0.241 e. The lowest BCUT2D eigenvalue weighted by molar-refractivity contribution is -0.130. The Hall–Kier alpha value is -0.220. The van der Waals surface area contributed by atoms with E-state index in [0.29, 0.717) is 17.9 Å². The van der Waals surface area contributed by atoms with Crippen molar-refractivity contribution in [1.82, 2.24) is 10.2 Å². The summed E-state index contributed by atoms with van der Waals surface area (Å²) in [5.41, 5.74) is 0. The van der Waals surface area contributed by atoms with E-state index in [0.717, 1.165) is 31.0 Å². The molecular weight excluding hydrogens is 232 g/mol. The van der Waals surface area contributed by atoms with E-state index in [1.165, 1.54) is 0 Å². The predicted octanol–water partition coefficient (Wildman–Crippen LogP) is 2.32. The minimum atomic E-state index is 0.0521. The molecule has 1 amide bonds. The van der Waals surface area contributed by atoms with Crippen molar-refractivity contribution in [3.63, 3.8) is 0 Å². The molecule has 0 aromatic carbocycles. The molecule has 0 bridgehead atoms. The molecule has 1 aliphatic heterocycles. The molecule has 0 aliphatic carbocycles. The fraction of sp³-hybridized carbons (Fsp3) is 0.923. The Morgan fingerprint density at radius 3 is 2.76 bits per heavy atom. The molecule has 100 valence electrons. The van der Waals surface area contributed by atoms with Crippen LogP contribution >= 0.6 is 11.8 Å². The summed E-state index contributed by atoms with van der Waals surface area (Å²) in [5, 5.41) is 3.33. The van der Waals surface area contributed by atoms with Crippen molar-refractivity contribution >= 4 is 17.7 Å². The summed E-state index contributed by atoms with van der Waals surface area (Å²) >= 11 is 1.95. The molecule has 1 saturated heterocycles. The zero-order chi connectivity index (χ0) is 12.8. The molecule has 2 atom stereocenters. The Labute approximate surface area is 110 Å². The Kier molecular flexibility index (Phi) is 6.34. The maximum absolute atomic E-state index is 12.2. The first-order chi connectivity index (χ1) is 8.06. The van der Waals surface area contributed by atoms with Crippen LogP contribution in [0.2, 0.25) is 0 Å². The molecule has 1 rings (SSSR count). The zero-order valence-corrected chi connectivity index (χ0v) is 12.3. The lowest BCUT2D eigenvalue weighted by atomic mass is 10.0. The molecule has 1 heterocycles. The van der Waals surface area contributed by atoms with Crippen molar-refractivity contribution < 1.29 is 4.79 Å². The van der Waals surface area contributed by atoms with E-state index >= 15 is 0 Å². The topological polar surface area (TPSA) is 32.3 Å². The lowest BCUT2D eigenvalue weighted by Crippen LogP contribution is -2.37. The Morgan fingerprint density at radius 1 is 1.47 bits per heavy atom. The van der Waals surface area contributed by atoms with Crippen molar-refractivity contribution in [3.05, 3.63) is 0 Å². The van der Waals surface area contributed by atoms with Gasteiger partial charge in [-0.05, 0) is 37.2 Å². The van der Waals surface area contributed by atoms with Crippen LogP contribution in [-0.2, 0) is 4.79 Å². The van der Waals surface area contributed by atoms with Crippen molar-refractivity contribution in [3.8, 4) is 0 Å². The van der Waals surface area contributed by atoms with E-state index < -0.39 is 0 Å². The van der Waals surface area contributed by atoms with Gasteiger partial charge < -0.3 is 4.90 Å². The van der Waals surface area contributed by atoms with Crippen LogP contribution in [0.1, 0.15) is 40.5 Å². The molecule has 1 N–H and O–H groups in total. The third kappa shape index (κ3) is 4.51. The summed E-state index contributed by atoms with van der Waals surface area (Å²) in [7, 11) is 0. The fourth-order valence-electron chi connectivity index (χ4n) is 2.16. The quantitative estimate of drug-likeness (QED) is 0.711. The highest BCUT2D eigenvalue weighted by atomic mass is 32.2. The normalized spacial score (nSPS) is 22.5. The zero-order valence-electron chi connectivity index (χ0n) is 11.5. The van der Waals surface area contributed by atoms with Crippen LogP contribution in [0.3, 0.4) is 0 Å². The predicted molar refractivity (Wildman–Crippen MR) is 75.2 cm³/mol. The monoisotopic (exact) mass is 258 g/mol. The standard InChI is InChI=1S/C13H26N2OS/c1-5-17-7-6-11(4)15-9-14-12(13(15)16)8-10(2)3/h10-12,14H,5-9H2,1-4H3. The largest absolute Gasteiger partial charge is 0.326 e. The number of nitrogens with one attached hydrogen (secondary N) is 1. The molecule has 3 nitrogen and oxygen atoms in total. The molecular formula is C13H26N2OS. The Balaban J connectivity index is 2.37. The molecule has 4 heteroatoms. The first kappa shape index (κ1) is 14.8. The van der Waals surface area contributed by atoms with Gasteiger partial charge in [0.05, 0.1) is 12.7 Å². The maximum atomic E-state index is 12.2. The van der Waals surface area contributed by atoms with Crippen LogP contribution < -0.4 is 5.32 Å². The van der Waals surface area contributed by atoms with Gasteiger partial charge in [0.2, 0.25) is 5.91 Å². The van der Waals surface area contributed by atoms with Crippen LogP contribution in [0.5, 0.6) is 0 Å². The first-order valence-electron chi connectivity index (χ1n) is 6.67. The number of amides is 1. The van der Waals surface area contributed by atoms with E-state index in [1.807, 2.05) is 16.7 Å². The summed E-state index contributed by atoms with van der Waals surface area (Å²) in [6.45, 7) is 9.40. The number of carbonyl (C=O) groups excluding carboxylic acids is 1. The number of rotatable bonds is 7. The van der Waals surface area contributed by atoms with E-state index in [4.69, 9.17) is 0 Å². The minimum absolute atomic E-state index is 0.0521. The molecule has 0 aromatic rings. The van der Waals surface area contributed by atoms with Crippen LogP contribution in [0.15, 0.2) is 0 Å². The van der Waals surface area contributed by atoms with Gasteiger partial charge in [-0.15, -0.1) is 0 Å². The van der Waals surface area contributed by atoms with Gasteiger partial charge >= 0.3 is 0 Å². The molecule has 0 spiro atoms. The SMILES string of the molecule is CCSCCC(C)N1CNC(CC(C)C)C1=O. The molecule has 0 saturated carbocycles. The Morgan fingerprint density at radius 2 is 2.18 bits per heavy atom. The van der Waals surface area contributed by atoms with Gasteiger partial charge in [-0.2, -0.15) is 11.8 Å². The summed E-state index contributed by atoms with van der Waals surface area (Å²) in [4.78, 5) is 14.2. The highest BCUT2D eigenvalue weighted by Crippen LogP contribution is 2.17. The van der Waals surface area contributed by atoms with Gasteiger partial charge in [-0.1, -0.05) is 20.8 Å². The van der Waals surface area contributed by atoms with E-state index in [9.17, 15) is 4.79 Å². The van der Waals surface area contributed by atoms with Gasteiger partial charge in [0.1, 0.15) is 0 Å². The van der Waals surface area contributed by atoms with Gasteiger partial charge in [0, 0.05) is 6.04 Å². The molecule has 1 fully saturated rings. The smallest absolute Gasteiger partial charge is 0.241 e. The summed E-state index contributed by atoms with van der Waals surface area (Å²) in [6.07, 6.45) is 2.05. The van der Waals surface area contributed by atoms with Crippen LogP contribution in [0, 0.1) is 5.92 Å². The van der Waals surface area contributed by atoms with Crippen molar-refractivity contribution in [2.45, 2.75) is 52.6 Å². The average molecular weight is 258 g/mol. The number of hydrogen-bond donors (Lipinski definition) is 1. The van der Waals surface area contributed by atoms with Crippen molar-refractivity contribution in [2.24, 2.45) is 5.92 Å². The summed E-state index contributed by atoms with van der Waals surface area (Å²) < 4.78 is 0. The summed E-state index contributed by atoms with van der Waals surface area (Å²) in [6, 6.07) is 0.419. The Bertz CT molecular complexity index is 246. The van der Waals surface area contributed by atoms with Crippen molar-refractivity contribution in [1.29, 1.82) is 0 Å². The summed E-state index contributed by atoms with van der Waals surface area (Å²) in [5.74, 6) is 3.18. The van der Waals surface area contributed by atoms with Gasteiger partial charge in [-0.3, -0.25) is 10.1 Å². The highest BCUT2D eigenvalue weighted by Gasteiger charge is 2.33. The van der Waals surface area contributed by atoms with Gasteiger partial charge in [0.15, 0.2) is 0 Å². The van der Waals surface area contributed by atoms with Crippen LogP contribution in [-0.4, -0.2) is 41.1 Å². The minimum Gasteiger partial charge on any atom is -0.326 e. The fourth-order valence-corrected chi connectivity index (χ4v) is 2.95. The number of carbonyl (C=O) groups is 1. The van der Waals surface area contributed by atoms with Crippen molar-refractivity contribution in [2.75, 3.05) is 18.2 Å². The van der Waals surface area contributed by atoms with Gasteiger partial charge in [-0.25, -0.2) is 0 Å². The van der Waals surface area contributed by atoms with Crippen LogP contribution in [0.4, 0.5) is 0 Å². The van der Waals surface area contributed by atoms with E-state index in [2.05, 4.69) is 33.0 Å². The molecule has 1 aliphatic rings. The number of nitrogens with zero attached hydrogens (tertiary/aromatic N) is 1.